The van der Waals surface area contributed by atoms with E-state index in [1.165, 1.54) is 18.9 Å². The molecule has 1 fully saturated rings. The van der Waals surface area contributed by atoms with Crippen LogP contribution in [0.2, 0.25) is 0 Å². The van der Waals surface area contributed by atoms with E-state index in [2.05, 4.69) is 4.90 Å². The topological polar surface area (TPSA) is 23.5 Å². The molecule has 88 valence electrons. The SMILES string of the molecule is Cc1cc(F)ccc1CN(CCO)C1CC1. The summed E-state index contributed by atoms with van der Waals surface area (Å²) < 4.78 is 13.0. The van der Waals surface area contributed by atoms with Crippen molar-refractivity contribution in [1.82, 2.24) is 4.90 Å². The zero-order valence-electron chi connectivity index (χ0n) is 9.62. The molecule has 1 N–H and O–H groups in total. The molecule has 0 radical (unpaired) electrons. The van der Waals surface area contributed by atoms with Gasteiger partial charge in [0.1, 0.15) is 5.82 Å². The van der Waals surface area contributed by atoms with Gasteiger partial charge in [-0.05, 0) is 43.0 Å². The molecule has 0 unspecified atom stereocenters. The van der Waals surface area contributed by atoms with Crippen molar-refractivity contribution in [3.63, 3.8) is 0 Å². The summed E-state index contributed by atoms with van der Waals surface area (Å²) in [7, 11) is 0. The standard InChI is InChI=1S/C13H18FNO/c1-10-8-12(14)3-2-11(10)9-15(6-7-16)13-4-5-13/h2-3,8,13,16H,4-7,9H2,1H3. The van der Waals surface area contributed by atoms with E-state index in [0.717, 1.165) is 17.7 Å². The molecule has 2 rings (SSSR count). The highest BCUT2D eigenvalue weighted by Gasteiger charge is 2.28. The van der Waals surface area contributed by atoms with Crippen molar-refractivity contribution >= 4 is 0 Å². The largest absolute Gasteiger partial charge is 0.395 e. The third-order valence-corrected chi connectivity index (χ3v) is 3.13. The second-order valence-corrected chi connectivity index (χ2v) is 4.50. The molecule has 1 saturated carbocycles. The third kappa shape index (κ3) is 2.80. The van der Waals surface area contributed by atoms with E-state index in [1.54, 1.807) is 6.07 Å². The maximum Gasteiger partial charge on any atom is 0.123 e. The smallest absolute Gasteiger partial charge is 0.123 e. The molecule has 1 aromatic carbocycles. The minimum absolute atomic E-state index is 0.179. The fraction of sp³-hybridized carbons (Fsp3) is 0.538. The second-order valence-electron chi connectivity index (χ2n) is 4.50. The zero-order chi connectivity index (χ0) is 11.5. The van der Waals surface area contributed by atoms with Gasteiger partial charge in [-0.25, -0.2) is 4.39 Å². The summed E-state index contributed by atoms with van der Waals surface area (Å²) in [5.74, 6) is -0.179. The highest BCUT2D eigenvalue weighted by atomic mass is 19.1. The van der Waals surface area contributed by atoms with Gasteiger partial charge in [-0.1, -0.05) is 6.07 Å². The zero-order valence-corrected chi connectivity index (χ0v) is 9.62. The average Bonchev–Trinajstić information content (AvgIpc) is 3.04. The van der Waals surface area contributed by atoms with Crippen molar-refractivity contribution in [2.45, 2.75) is 32.4 Å². The summed E-state index contributed by atoms with van der Waals surface area (Å²) in [6.07, 6.45) is 2.44. The molecule has 16 heavy (non-hydrogen) atoms. The van der Waals surface area contributed by atoms with Crippen molar-refractivity contribution < 1.29 is 9.50 Å². The highest BCUT2D eigenvalue weighted by molar-refractivity contribution is 5.26. The number of hydrogen-bond acceptors (Lipinski definition) is 2. The van der Waals surface area contributed by atoms with Gasteiger partial charge in [0.15, 0.2) is 0 Å². The lowest BCUT2D eigenvalue weighted by molar-refractivity contribution is 0.183. The van der Waals surface area contributed by atoms with E-state index in [0.29, 0.717) is 12.6 Å². The van der Waals surface area contributed by atoms with E-state index in [-0.39, 0.29) is 12.4 Å². The van der Waals surface area contributed by atoms with Gasteiger partial charge >= 0.3 is 0 Å². The lowest BCUT2D eigenvalue weighted by Gasteiger charge is -2.21. The lowest BCUT2D eigenvalue weighted by atomic mass is 10.1. The highest BCUT2D eigenvalue weighted by Crippen LogP contribution is 2.28. The van der Waals surface area contributed by atoms with Crippen LogP contribution in [0, 0.1) is 12.7 Å². The molecule has 2 nitrogen and oxygen atoms in total. The first-order chi connectivity index (χ1) is 7.70. The first-order valence-electron chi connectivity index (χ1n) is 5.80. The van der Waals surface area contributed by atoms with Gasteiger partial charge in [0, 0.05) is 19.1 Å². The number of aryl methyl sites for hydroxylation is 1. The normalized spacial score (nSPS) is 15.8. The fourth-order valence-corrected chi connectivity index (χ4v) is 2.01. The average molecular weight is 223 g/mol. The van der Waals surface area contributed by atoms with Gasteiger partial charge in [0.05, 0.1) is 6.61 Å². The molecule has 0 bridgehead atoms. The molecule has 0 amide bonds. The predicted octanol–water partition coefficient (Wildman–Crippen LogP) is 2.09. The van der Waals surface area contributed by atoms with Crippen LogP contribution in [0.3, 0.4) is 0 Å². The molecular weight excluding hydrogens is 205 g/mol. The van der Waals surface area contributed by atoms with Crippen molar-refractivity contribution in [1.29, 1.82) is 0 Å². The summed E-state index contributed by atoms with van der Waals surface area (Å²) in [4.78, 5) is 2.28. The maximum absolute atomic E-state index is 13.0. The van der Waals surface area contributed by atoms with Gasteiger partial charge in [-0.15, -0.1) is 0 Å². The molecule has 0 spiro atoms. The first-order valence-corrected chi connectivity index (χ1v) is 5.80. The Bertz CT molecular complexity index is 363. The van der Waals surface area contributed by atoms with Crippen molar-refractivity contribution in [3.8, 4) is 0 Å². The third-order valence-electron chi connectivity index (χ3n) is 3.13. The number of hydrogen-bond donors (Lipinski definition) is 1. The lowest BCUT2D eigenvalue weighted by Crippen LogP contribution is -2.28. The molecule has 0 aromatic heterocycles. The van der Waals surface area contributed by atoms with Crippen LogP contribution >= 0.6 is 0 Å². The number of nitrogens with zero attached hydrogens (tertiary/aromatic N) is 1. The van der Waals surface area contributed by atoms with Gasteiger partial charge in [0.25, 0.3) is 0 Å². The Morgan fingerprint density at radius 2 is 2.19 bits per heavy atom. The molecular formula is C13H18FNO. The van der Waals surface area contributed by atoms with E-state index in [4.69, 9.17) is 5.11 Å². The number of aliphatic hydroxyl groups excluding tert-OH is 1. The van der Waals surface area contributed by atoms with Gasteiger partial charge in [-0.2, -0.15) is 0 Å². The molecule has 3 heteroatoms. The van der Waals surface area contributed by atoms with Crippen LogP contribution in [-0.2, 0) is 6.54 Å². The minimum atomic E-state index is -0.179. The molecule has 0 atom stereocenters. The van der Waals surface area contributed by atoms with Crippen molar-refractivity contribution in [3.05, 3.63) is 35.1 Å². The summed E-state index contributed by atoms with van der Waals surface area (Å²) in [6.45, 7) is 3.65. The number of rotatable bonds is 5. The number of aliphatic hydroxyl groups is 1. The fourth-order valence-electron chi connectivity index (χ4n) is 2.01. The predicted molar refractivity (Wildman–Crippen MR) is 61.7 cm³/mol. The van der Waals surface area contributed by atoms with Crippen LogP contribution in [0.1, 0.15) is 24.0 Å². The molecule has 0 aliphatic heterocycles. The van der Waals surface area contributed by atoms with Crippen LogP contribution in [0.5, 0.6) is 0 Å². The van der Waals surface area contributed by atoms with Gasteiger partial charge in [0.2, 0.25) is 0 Å². The monoisotopic (exact) mass is 223 g/mol. The summed E-state index contributed by atoms with van der Waals surface area (Å²) in [5, 5.41) is 9.00. The van der Waals surface area contributed by atoms with Crippen molar-refractivity contribution in [2.75, 3.05) is 13.2 Å². The van der Waals surface area contributed by atoms with Crippen LogP contribution in [0.4, 0.5) is 4.39 Å². The van der Waals surface area contributed by atoms with Gasteiger partial charge < -0.3 is 5.11 Å². The molecule has 0 heterocycles. The van der Waals surface area contributed by atoms with Crippen LogP contribution in [-0.4, -0.2) is 29.2 Å². The van der Waals surface area contributed by atoms with Crippen LogP contribution < -0.4 is 0 Å². The second kappa shape index (κ2) is 4.93. The molecule has 1 aliphatic rings. The van der Waals surface area contributed by atoms with E-state index >= 15 is 0 Å². The van der Waals surface area contributed by atoms with E-state index < -0.39 is 0 Å². The Kier molecular flexibility index (Phi) is 3.56. The van der Waals surface area contributed by atoms with E-state index in [1.807, 2.05) is 13.0 Å². The van der Waals surface area contributed by atoms with Crippen molar-refractivity contribution in [2.24, 2.45) is 0 Å². The molecule has 1 aliphatic carbocycles. The Labute approximate surface area is 95.7 Å². The summed E-state index contributed by atoms with van der Waals surface area (Å²) in [6, 6.07) is 5.54. The maximum atomic E-state index is 13.0. The first kappa shape index (κ1) is 11.6. The number of benzene rings is 1. The van der Waals surface area contributed by atoms with Crippen LogP contribution in [0.15, 0.2) is 18.2 Å². The Hall–Kier alpha value is -0.930. The minimum Gasteiger partial charge on any atom is -0.395 e. The Balaban J connectivity index is 2.05. The molecule has 0 saturated heterocycles. The van der Waals surface area contributed by atoms with Gasteiger partial charge in [-0.3, -0.25) is 4.90 Å². The summed E-state index contributed by atoms with van der Waals surface area (Å²) >= 11 is 0. The Morgan fingerprint density at radius 3 is 2.75 bits per heavy atom. The quantitative estimate of drug-likeness (QED) is 0.826. The molecule has 1 aromatic rings. The Morgan fingerprint density at radius 1 is 1.44 bits per heavy atom. The summed E-state index contributed by atoms with van der Waals surface area (Å²) in [5.41, 5.74) is 2.14. The van der Waals surface area contributed by atoms with E-state index in [9.17, 15) is 4.39 Å². The van der Waals surface area contributed by atoms with Crippen LogP contribution in [0.25, 0.3) is 0 Å². The number of halogens is 1.